The van der Waals surface area contributed by atoms with E-state index in [9.17, 15) is 4.79 Å². The van der Waals surface area contributed by atoms with Gasteiger partial charge in [-0.3, -0.25) is 10.1 Å². The highest BCUT2D eigenvalue weighted by molar-refractivity contribution is 7.98. The van der Waals surface area contributed by atoms with Crippen LogP contribution in [0.25, 0.3) is 10.8 Å². The molecule has 6 heteroatoms. The number of thioether (sulfide) groups is 1. The molecular weight excluding hydrogens is 284 g/mol. The summed E-state index contributed by atoms with van der Waals surface area (Å²) >= 11 is 1.53. The molecule has 1 aromatic heterocycles. The number of hydrogen-bond acceptors (Lipinski definition) is 4. The molecule has 2 aromatic carbocycles. The predicted molar refractivity (Wildman–Crippen MR) is 84.2 cm³/mol. The summed E-state index contributed by atoms with van der Waals surface area (Å²) < 4.78 is 0. The Kier molecular flexibility index (Phi) is 3.87. The lowest BCUT2D eigenvalue weighted by Gasteiger charge is -2.02. The van der Waals surface area contributed by atoms with E-state index in [0.717, 1.165) is 5.75 Å². The zero-order chi connectivity index (χ0) is 14.7. The van der Waals surface area contributed by atoms with Crippen LogP contribution >= 0.6 is 11.8 Å². The van der Waals surface area contributed by atoms with Crippen molar-refractivity contribution in [3.63, 3.8) is 0 Å². The van der Waals surface area contributed by atoms with Gasteiger partial charge in [0.2, 0.25) is 17.0 Å². The van der Waals surface area contributed by atoms with Gasteiger partial charge in [-0.2, -0.15) is 4.98 Å². The minimum Gasteiger partial charge on any atom is -0.295 e. The second-order valence-electron chi connectivity index (χ2n) is 4.62. The maximum absolute atomic E-state index is 10.9. The third kappa shape index (κ3) is 3.41. The average molecular weight is 298 g/mol. The van der Waals surface area contributed by atoms with E-state index in [1.165, 1.54) is 35.0 Å². The Morgan fingerprint density at radius 3 is 2.86 bits per heavy atom. The van der Waals surface area contributed by atoms with Gasteiger partial charge < -0.3 is 0 Å². The molecule has 106 valence electrons. The van der Waals surface area contributed by atoms with Gasteiger partial charge in [-0.05, 0) is 16.3 Å². The number of rotatable bonds is 4. The third-order valence-electron chi connectivity index (χ3n) is 2.94. The van der Waals surface area contributed by atoms with Crippen LogP contribution in [0.15, 0.2) is 47.6 Å². The van der Waals surface area contributed by atoms with Gasteiger partial charge in [0.05, 0.1) is 0 Å². The van der Waals surface area contributed by atoms with Crippen LogP contribution in [0.4, 0.5) is 5.95 Å². The van der Waals surface area contributed by atoms with Crippen LogP contribution in [0.1, 0.15) is 12.5 Å². The lowest BCUT2D eigenvalue weighted by molar-refractivity contribution is -0.114. The number of aromatic amines is 1. The van der Waals surface area contributed by atoms with Crippen molar-refractivity contribution in [2.24, 2.45) is 0 Å². The largest absolute Gasteiger partial charge is 0.295 e. The minimum atomic E-state index is -0.169. The SMILES string of the molecule is CC(=O)Nc1nc(SCc2ccc3ccccc3c2)n[nH]1. The summed E-state index contributed by atoms with van der Waals surface area (Å²) in [6, 6.07) is 14.7. The highest BCUT2D eigenvalue weighted by Crippen LogP contribution is 2.23. The highest BCUT2D eigenvalue weighted by Gasteiger charge is 2.05. The van der Waals surface area contributed by atoms with E-state index in [2.05, 4.69) is 50.8 Å². The fourth-order valence-electron chi connectivity index (χ4n) is 2.01. The van der Waals surface area contributed by atoms with E-state index in [1.807, 2.05) is 12.1 Å². The molecule has 21 heavy (non-hydrogen) atoms. The number of nitrogens with one attached hydrogen (secondary N) is 2. The minimum absolute atomic E-state index is 0.169. The quantitative estimate of drug-likeness (QED) is 0.726. The molecule has 0 radical (unpaired) electrons. The highest BCUT2D eigenvalue weighted by atomic mass is 32.2. The summed E-state index contributed by atoms with van der Waals surface area (Å²) in [7, 11) is 0. The van der Waals surface area contributed by atoms with Crippen molar-refractivity contribution >= 4 is 34.4 Å². The summed E-state index contributed by atoms with van der Waals surface area (Å²) in [5.41, 5.74) is 1.21. The molecular formula is C15H14N4OS. The molecule has 0 saturated heterocycles. The summed E-state index contributed by atoms with van der Waals surface area (Å²) in [5.74, 6) is 0.989. The first-order valence-electron chi connectivity index (χ1n) is 6.51. The van der Waals surface area contributed by atoms with Crippen LogP contribution < -0.4 is 5.32 Å². The van der Waals surface area contributed by atoms with Crippen molar-refractivity contribution < 1.29 is 4.79 Å². The molecule has 0 bridgehead atoms. The van der Waals surface area contributed by atoms with Crippen molar-refractivity contribution in [1.82, 2.24) is 15.2 Å². The molecule has 0 aliphatic heterocycles. The average Bonchev–Trinajstić information content (AvgIpc) is 2.91. The van der Waals surface area contributed by atoms with E-state index in [4.69, 9.17) is 0 Å². The first-order valence-corrected chi connectivity index (χ1v) is 7.50. The van der Waals surface area contributed by atoms with Crippen molar-refractivity contribution in [3.8, 4) is 0 Å². The van der Waals surface area contributed by atoms with E-state index in [-0.39, 0.29) is 5.91 Å². The monoisotopic (exact) mass is 298 g/mol. The van der Waals surface area contributed by atoms with Crippen molar-refractivity contribution in [3.05, 3.63) is 48.0 Å². The number of nitrogens with zero attached hydrogens (tertiary/aromatic N) is 2. The van der Waals surface area contributed by atoms with Crippen LogP contribution in [0, 0.1) is 0 Å². The maximum atomic E-state index is 10.9. The normalized spacial score (nSPS) is 10.7. The van der Waals surface area contributed by atoms with Crippen molar-refractivity contribution in [2.45, 2.75) is 17.8 Å². The lowest BCUT2D eigenvalue weighted by Crippen LogP contribution is -2.06. The number of anilines is 1. The molecule has 1 amide bonds. The second kappa shape index (κ2) is 5.97. The molecule has 0 atom stereocenters. The Morgan fingerprint density at radius 1 is 1.24 bits per heavy atom. The number of amides is 1. The fourth-order valence-corrected chi connectivity index (χ4v) is 2.75. The van der Waals surface area contributed by atoms with E-state index >= 15 is 0 Å². The number of aromatic nitrogens is 3. The summed E-state index contributed by atoms with van der Waals surface area (Å²) in [6.45, 7) is 1.43. The molecule has 0 aliphatic rings. The molecule has 0 aliphatic carbocycles. The maximum Gasteiger partial charge on any atom is 0.226 e. The molecule has 3 aromatic rings. The van der Waals surface area contributed by atoms with E-state index < -0.39 is 0 Å². The number of benzene rings is 2. The zero-order valence-corrected chi connectivity index (χ0v) is 12.3. The number of H-pyrrole nitrogens is 1. The summed E-state index contributed by atoms with van der Waals surface area (Å²) in [4.78, 5) is 15.1. The topological polar surface area (TPSA) is 70.7 Å². The first-order chi connectivity index (χ1) is 10.2. The molecule has 5 nitrogen and oxygen atoms in total. The van der Waals surface area contributed by atoms with Gasteiger partial charge in [-0.1, -0.05) is 54.2 Å². The molecule has 0 spiro atoms. The summed E-state index contributed by atoms with van der Waals surface area (Å²) in [5, 5.41) is 12.4. The van der Waals surface area contributed by atoms with Gasteiger partial charge in [0.15, 0.2) is 0 Å². The van der Waals surface area contributed by atoms with Crippen molar-refractivity contribution in [1.29, 1.82) is 0 Å². The van der Waals surface area contributed by atoms with Gasteiger partial charge in [0.1, 0.15) is 0 Å². The van der Waals surface area contributed by atoms with Crippen LogP contribution in [-0.2, 0) is 10.5 Å². The smallest absolute Gasteiger partial charge is 0.226 e. The molecule has 2 N–H and O–H groups in total. The van der Waals surface area contributed by atoms with Crippen LogP contribution in [0.5, 0.6) is 0 Å². The Hall–Kier alpha value is -2.34. The first kappa shape index (κ1) is 13.6. The summed E-state index contributed by atoms with van der Waals surface area (Å²) in [6.07, 6.45) is 0. The van der Waals surface area contributed by atoms with Crippen LogP contribution in [0.2, 0.25) is 0 Å². The molecule has 0 fully saturated rings. The number of carbonyl (C=O) groups excluding carboxylic acids is 1. The second-order valence-corrected chi connectivity index (χ2v) is 5.56. The predicted octanol–water partition coefficient (Wildman–Crippen LogP) is 3.21. The number of fused-ring (bicyclic) bond motifs is 1. The Balaban J connectivity index is 1.68. The van der Waals surface area contributed by atoms with E-state index in [1.54, 1.807) is 0 Å². The fraction of sp³-hybridized carbons (Fsp3) is 0.133. The number of hydrogen-bond donors (Lipinski definition) is 2. The van der Waals surface area contributed by atoms with Gasteiger partial charge in [-0.25, -0.2) is 5.10 Å². The molecule has 3 rings (SSSR count). The number of carbonyl (C=O) groups is 1. The standard InChI is InChI=1S/C15H14N4OS/c1-10(20)16-14-17-15(19-18-14)21-9-11-6-7-12-4-2-3-5-13(12)8-11/h2-8H,9H2,1H3,(H2,16,17,18,19,20). The van der Waals surface area contributed by atoms with Gasteiger partial charge in [0.25, 0.3) is 0 Å². The molecule has 0 unspecified atom stereocenters. The van der Waals surface area contributed by atoms with E-state index in [0.29, 0.717) is 11.1 Å². The van der Waals surface area contributed by atoms with Gasteiger partial charge in [0, 0.05) is 12.7 Å². The lowest BCUT2D eigenvalue weighted by atomic mass is 10.1. The van der Waals surface area contributed by atoms with Gasteiger partial charge >= 0.3 is 0 Å². The van der Waals surface area contributed by atoms with Crippen molar-refractivity contribution in [2.75, 3.05) is 5.32 Å². The van der Waals surface area contributed by atoms with Crippen LogP contribution in [0.3, 0.4) is 0 Å². The Morgan fingerprint density at radius 2 is 2.05 bits per heavy atom. The van der Waals surface area contributed by atoms with Crippen LogP contribution in [-0.4, -0.2) is 21.1 Å². The van der Waals surface area contributed by atoms with Gasteiger partial charge in [-0.15, -0.1) is 5.10 Å². The Bertz CT molecular complexity index is 784. The third-order valence-corrected chi connectivity index (χ3v) is 3.86. The Labute approximate surface area is 126 Å². The molecule has 1 heterocycles. The molecule has 0 saturated carbocycles. The zero-order valence-electron chi connectivity index (χ0n) is 11.5.